The summed E-state index contributed by atoms with van der Waals surface area (Å²) in [7, 11) is 1.51. The third-order valence-corrected chi connectivity index (χ3v) is 3.31. The Hall–Kier alpha value is -2.34. The van der Waals surface area contributed by atoms with E-state index in [1.807, 2.05) is 0 Å². The molecule has 1 aromatic heterocycles. The molecule has 6 nitrogen and oxygen atoms in total. The Kier molecular flexibility index (Phi) is 3.76. The van der Waals surface area contributed by atoms with Gasteiger partial charge in [0.25, 0.3) is 5.91 Å². The van der Waals surface area contributed by atoms with Crippen LogP contribution in [0.3, 0.4) is 0 Å². The van der Waals surface area contributed by atoms with E-state index in [0.717, 1.165) is 6.20 Å². The number of hydrogen-bond acceptors (Lipinski definition) is 3. The molecule has 2 aromatic rings. The topological polar surface area (TPSA) is 84.2 Å². The molecule has 7 heteroatoms. The van der Waals surface area contributed by atoms with Crippen molar-refractivity contribution in [2.24, 2.45) is 7.05 Å². The molecule has 0 bridgehead atoms. The Morgan fingerprint density at radius 3 is 2.75 bits per heavy atom. The molecule has 0 aliphatic heterocycles. The standard InChI is InChI=1S/C13H12ClN3O3/c1-7-9(14)4-3-5-10(7)16-12(18)11-8(13(19)20)6-15-17(11)2/h3-6H,1-2H3,(H,16,18)(H,19,20). The molecule has 0 unspecified atom stereocenters. The highest BCUT2D eigenvalue weighted by molar-refractivity contribution is 6.31. The number of nitrogens with one attached hydrogen (secondary N) is 1. The Labute approximate surface area is 120 Å². The molecule has 1 amide bonds. The van der Waals surface area contributed by atoms with Gasteiger partial charge in [-0.2, -0.15) is 5.10 Å². The average molecular weight is 294 g/mol. The maximum Gasteiger partial charge on any atom is 0.339 e. The van der Waals surface area contributed by atoms with Gasteiger partial charge < -0.3 is 10.4 Å². The second kappa shape index (κ2) is 5.34. The van der Waals surface area contributed by atoms with E-state index in [1.165, 1.54) is 11.7 Å². The van der Waals surface area contributed by atoms with Gasteiger partial charge in [0.1, 0.15) is 11.3 Å². The minimum absolute atomic E-state index is 0.0168. The highest BCUT2D eigenvalue weighted by atomic mass is 35.5. The number of carboxylic acids is 1. The van der Waals surface area contributed by atoms with Crippen molar-refractivity contribution in [3.05, 3.63) is 46.2 Å². The van der Waals surface area contributed by atoms with E-state index in [2.05, 4.69) is 10.4 Å². The maximum atomic E-state index is 12.2. The smallest absolute Gasteiger partial charge is 0.339 e. The first-order valence-corrected chi connectivity index (χ1v) is 6.11. The third-order valence-electron chi connectivity index (χ3n) is 2.90. The third kappa shape index (κ3) is 2.50. The van der Waals surface area contributed by atoms with Gasteiger partial charge in [-0.25, -0.2) is 4.79 Å². The van der Waals surface area contributed by atoms with Crippen molar-refractivity contribution >= 4 is 29.2 Å². The van der Waals surface area contributed by atoms with Crippen LogP contribution < -0.4 is 5.32 Å². The molecule has 0 fully saturated rings. The van der Waals surface area contributed by atoms with Crippen LogP contribution in [-0.4, -0.2) is 26.8 Å². The number of aromatic nitrogens is 2. The summed E-state index contributed by atoms with van der Waals surface area (Å²) in [5, 5.41) is 16.0. The highest BCUT2D eigenvalue weighted by Crippen LogP contribution is 2.23. The van der Waals surface area contributed by atoms with E-state index in [9.17, 15) is 9.59 Å². The predicted octanol–water partition coefficient (Wildman–Crippen LogP) is 2.33. The summed E-state index contributed by atoms with van der Waals surface area (Å²) in [4.78, 5) is 23.3. The molecule has 1 heterocycles. The molecule has 0 aliphatic carbocycles. The van der Waals surface area contributed by atoms with E-state index in [4.69, 9.17) is 16.7 Å². The number of nitrogens with zero attached hydrogens (tertiary/aromatic N) is 2. The van der Waals surface area contributed by atoms with E-state index in [-0.39, 0.29) is 11.3 Å². The highest BCUT2D eigenvalue weighted by Gasteiger charge is 2.22. The molecule has 104 valence electrons. The monoisotopic (exact) mass is 293 g/mol. The van der Waals surface area contributed by atoms with Crippen LogP contribution in [0.4, 0.5) is 5.69 Å². The van der Waals surface area contributed by atoms with Crippen LogP contribution in [0.2, 0.25) is 5.02 Å². The van der Waals surface area contributed by atoms with Crippen molar-refractivity contribution in [3.63, 3.8) is 0 Å². The lowest BCUT2D eigenvalue weighted by molar-refractivity contribution is 0.0692. The van der Waals surface area contributed by atoms with E-state index < -0.39 is 11.9 Å². The summed E-state index contributed by atoms with van der Waals surface area (Å²) >= 11 is 5.97. The van der Waals surface area contributed by atoms with Crippen molar-refractivity contribution < 1.29 is 14.7 Å². The Balaban J connectivity index is 2.36. The maximum absolute atomic E-state index is 12.2. The van der Waals surface area contributed by atoms with Gasteiger partial charge in [0.2, 0.25) is 0 Å². The first kappa shape index (κ1) is 14.1. The van der Waals surface area contributed by atoms with Crippen LogP contribution >= 0.6 is 11.6 Å². The molecule has 1 aromatic carbocycles. The fraction of sp³-hybridized carbons (Fsp3) is 0.154. The summed E-state index contributed by atoms with van der Waals surface area (Å²) < 4.78 is 1.22. The molecule has 2 N–H and O–H groups in total. The number of aryl methyl sites for hydroxylation is 1. The number of aromatic carboxylic acids is 1. The van der Waals surface area contributed by atoms with Crippen molar-refractivity contribution in [1.82, 2.24) is 9.78 Å². The van der Waals surface area contributed by atoms with Gasteiger partial charge in [0.05, 0.1) is 6.20 Å². The lowest BCUT2D eigenvalue weighted by atomic mass is 10.2. The number of anilines is 1. The molecular weight excluding hydrogens is 282 g/mol. The van der Waals surface area contributed by atoms with Crippen LogP contribution in [0.25, 0.3) is 0 Å². The molecule has 0 radical (unpaired) electrons. The molecule has 0 aliphatic rings. The molecule has 20 heavy (non-hydrogen) atoms. The number of carbonyl (C=O) groups is 2. The number of carboxylic acid groups (broad SMARTS) is 1. The normalized spacial score (nSPS) is 10.3. The summed E-state index contributed by atoms with van der Waals surface area (Å²) in [5.41, 5.74) is 1.07. The zero-order chi connectivity index (χ0) is 14.9. The second-order valence-corrected chi connectivity index (χ2v) is 4.61. The fourth-order valence-corrected chi connectivity index (χ4v) is 1.96. The zero-order valence-corrected chi connectivity index (χ0v) is 11.6. The van der Waals surface area contributed by atoms with Gasteiger partial charge in [0.15, 0.2) is 0 Å². The van der Waals surface area contributed by atoms with Crippen molar-refractivity contribution in [1.29, 1.82) is 0 Å². The molecule has 0 saturated carbocycles. The first-order valence-electron chi connectivity index (χ1n) is 5.73. The van der Waals surface area contributed by atoms with E-state index >= 15 is 0 Å². The minimum Gasteiger partial charge on any atom is -0.478 e. The SMILES string of the molecule is Cc1c(Cl)cccc1NC(=O)c1c(C(=O)O)cnn1C. The van der Waals surface area contributed by atoms with Crippen molar-refractivity contribution in [3.8, 4) is 0 Å². The molecule has 2 rings (SSSR count). The largest absolute Gasteiger partial charge is 0.478 e. The fourth-order valence-electron chi connectivity index (χ4n) is 1.79. The summed E-state index contributed by atoms with van der Waals surface area (Å²) in [5.74, 6) is -1.75. The van der Waals surface area contributed by atoms with Gasteiger partial charge in [-0.15, -0.1) is 0 Å². The van der Waals surface area contributed by atoms with Gasteiger partial charge in [-0.3, -0.25) is 9.48 Å². The number of rotatable bonds is 3. The van der Waals surface area contributed by atoms with Crippen LogP contribution in [0.5, 0.6) is 0 Å². The Morgan fingerprint density at radius 1 is 1.40 bits per heavy atom. The van der Waals surface area contributed by atoms with Crippen LogP contribution in [0, 0.1) is 6.92 Å². The van der Waals surface area contributed by atoms with Gasteiger partial charge in [0, 0.05) is 17.8 Å². The van der Waals surface area contributed by atoms with Crippen molar-refractivity contribution in [2.75, 3.05) is 5.32 Å². The zero-order valence-electron chi connectivity index (χ0n) is 10.8. The summed E-state index contributed by atoms with van der Waals surface area (Å²) in [6.07, 6.45) is 1.14. The van der Waals surface area contributed by atoms with E-state index in [1.54, 1.807) is 25.1 Å². The predicted molar refractivity (Wildman–Crippen MR) is 74.3 cm³/mol. The molecule has 0 saturated heterocycles. The van der Waals surface area contributed by atoms with Crippen LogP contribution in [-0.2, 0) is 7.05 Å². The average Bonchev–Trinajstić information content (AvgIpc) is 2.77. The van der Waals surface area contributed by atoms with Crippen molar-refractivity contribution in [2.45, 2.75) is 6.92 Å². The van der Waals surface area contributed by atoms with E-state index in [0.29, 0.717) is 16.3 Å². The second-order valence-electron chi connectivity index (χ2n) is 4.20. The number of hydrogen-bond donors (Lipinski definition) is 2. The quantitative estimate of drug-likeness (QED) is 0.909. The number of carbonyl (C=O) groups excluding carboxylic acids is 1. The summed E-state index contributed by atoms with van der Waals surface area (Å²) in [6.45, 7) is 1.76. The van der Waals surface area contributed by atoms with Gasteiger partial charge in [-0.05, 0) is 24.6 Å². The van der Waals surface area contributed by atoms with Gasteiger partial charge in [-0.1, -0.05) is 17.7 Å². The number of halogens is 1. The Morgan fingerprint density at radius 2 is 2.10 bits per heavy atom. The Bertz CT molecular complexity index is 694. The minimum atomic E-state index is -1.20. The molecular formula is C13H12ClN3O3. The number of amides is 1. The molecule has 0 spiro atoms. The number of benzene rings is 1. The molecule has 0 atom stereocenters. The van der Waals surface area contributed by atoms with Gasteiger partial charge >= 0.3 is 5.97 Å². The summed E-state index contributed by atoms with van der Waals surface area (Å²) in [6, 6.07) is 5.10. The lowest BCUT2D eigenvalue weighted by Crippen LogP contribution is -2.19. The van der Waals surface area contributed by atoms with Crippen LogP contribution in [0.1, 0.15) is 26.4 Å². The first-order chi connectivity index (χ1) is 9.41. The van der Waals surface area contributed by atoms with Crippen LogP contribution in [0.15, 0.2) is 24.4 Å². The lowest BCUT2D eigenvalue weighted by Gasteiger charge is -2.10.